The van der Waals surface area contributed by atoms with E-state index in [4.69, 9.17) is 4.98 Å². The highest BCUT2D eigenvalue weighted by molar-refractivity contribution is 7.90. The number of hydrogen-bond donors (Lipinski definition) is 3. The average Bonchev–Trinajstić information content (AvgIpc) is 3.82. The molecule has 0 radical (unpaired) electrons. The fourth-order valence-electron chi connectivity index (χ4n) is 6.03. The molecule has 1 aromatic carbocycles. The van der Waals surface area contributed by atoms with Gasteiger partial charge in [-0.2, -0.15) is 9.97 Å². The van der Waals surface area contributed by atoms with Crippen molar-refractivity contribution in [3.8, 4) is 0 Å². The molecule has 12 nitrogen and oxygen atoms in total. The SMILES string of the molecule is CN1CCN(c2ccc(Nc3nc(N4CCC[C@H](NS(=O)(=O)C5CC5)C4)c4c(C(=O)c5ccc(F)cc5)c[nH]c4n3)nc2)CC1. The molecule has 14 heteroatoms. The van der Waals surface area contributed by atoms with Crippen molar-refractivity contribution in [1.29, 1.82) is 0 Å². The van der Waals surface area contributed by atoms with Crippen LogP contribution >= 0.6 is 0 Å². The summed E-state index contributed by atoms with van der Waals surface area (Å²) >= 11 is 0. The topological polar surface area (TPSA) is 139 Å². The number of hydrogen-bond acceptors (Lipinski definition) is 10. The Bertz CT molecular complexity index is 1800. The van der Waals surface area contributed by atoms with Gasteiger partial charge in [0.2, 0.25) is 16.0 Å². The molecular weight excluding hydrogens is 597 g/mol. The number of aromatic amines is 1. The largest absolute Gasteiger partial charge is 0.368 e. The molecule has 1 aliphatic carbocycles. The Labute approximate surface area is 261 Å². The summed E-state index contributed by atoms with van der Waals surface area (Å²) < 4.78 is 42.0. The van der Waals surface area contributed by atoms with Crippen LogP contribution in [0.25, 0.3) is 11.0 Å². The summed E-state index contributed by atoms with van der Waals surface area (Å²) in [6, 6.07) is 9.04. The van der Waals surface area contributed by atoms with E-state index in [9.17, 15) is 17.6 Å². The first kappa shape index (κ1) is 29.6. The molecule has 236 valence electrons. The van der Waals surface area contributed by atoms with E-state index < -0.39 is 15.8 Å². The first-order chi connectivity index (χ1) is 21.7. The minimum Gasteiger partial charge on any atom is -0.368 e. The number of anilines is 4. The molecule has 2 saturated heterocycles. The molecular formula is C31H36FN9O3S. The number of halogens is 1. The van der Waals surface area contributed by atoms with E-state index in [1.54, 1.807) is 6.20 Å². The smallest absolute Gasteiger partial charge is 0.232 e. The summed E-state index contributed by atoms with van der Waals surface area (Å²) in [6.45, 7) is 4.89. The number of carbonyl (C=O) groups excluding carboxylic acids is 1. The van der Waals surface area contributed by atoms with Gasteiger partial charge in [-0.05, 0) is 69.1 Å². The maximum absolute atomic E-state index is 13.6. The number of nitrogens with one attached hydrogen (secondary N) is 3. The van der Waals surface area contributed by atoms with E-state index >= 15 is 0 Å². The molecule has 5 heterocycles. The lowest BCUT2D eigenvalue weighted by molar-refractivity contribution is 0.104. The maximum Gasteiger partial charge on any atom is 0.232 e. The van der Waals surface area contributed by atoms with Crippen molar-refractivity contribution >= 4 is 50.1 Å². The number of likely N-dealkylation sites (N-methyl/N-ethyl adjacent to an activating group) is 1. The monoisotopic (exact) mass is 633 g/mol. The number of pyridine rings is 1. The highest BCUT2D eigenvalue weighted by Crippen LogP contribution is 2.33. The van der Waals surface area contributed by atoms with Gasteiger partial charge < -0.3 is 25.0 Å². The summed E-state index contributed by atoms with van der Waals surface area (Å²) in [5.41, 5.74) is 2.19. The van der Waals surface area contributed by atoms with Crippen LogP contribution in [0.5, 0.6) is 0 Å². The zero-order chi connectivity index (χ0) is 31.1. The zero-order valence-corrected chi connectivity index (χ0v) is 25.9. The number of sulfonamides is 1. The van der Waals surface area contributed by atoms with E-state index in [-0.39, 0.29) is 17.1 Å². The Morgan fingerprint density at radius 2 is 1.76 bits per heavy atom. The lowest BCUT2D eigenvalue weighted by Gasteiger charge is -2.34. The summed E-state index contributed by atoms with van der Waals surface area (Å²) in [4.78, 5) is 37.5. The summed E-state index contributed by atoms with van der Waals surface area (Å²) in [5, 5.41) is 3.43. The molecule has 1 saturated carbocycles. The fourth-order valence-corrected chi connectivity index (χ4v) is 7.64. The van der Waals surface area contributed by atoms with Gasteiger partial charge in [-0.1, -0.05) is 0 Å². The second-order valence-corrected chi connectivity index (χ2v) is 14.1. The predicted molar refractivity (Wildman–Crippen MR) is 171 cm³/mol. The van der Waals surface area contributed by atoms with Gasteiger partial charge in [0, 0.05) is 57.1 Å². The van der Waals surface area contributed by atoms with Crippen LogP contribution in [0.15, 0.2) is 48.8 Å². The van der Waals surface area contributed by atoms with Crippen LogP contribution in [-0.4, -0.2) is 96.6 Å². The van der Waals surface area contributed by atoms with Gasteiger partial charge in [-0.3, -0.25) is 4.79 Å². The van der Waals surface area contributed by atoms with Crippen LogP contribution in [0.3, 0.4) is 0 Å². The number of fused-ring (bicyclic) bond motifs is 1. The van der Waals surface area contributed by atoms with Gasteiger partial charge in [0.05, 0.1) is 28.1 Å². The Morgan fingerprint density at radius 1 is 0.978 bits per heavy atom. The third-order valence-electron chi connectivity index (χ3n) is 8.73. The van der Waals surface area contributed by atoms with E-state index in [1.807, 2.05) is 23.2 Å². The third-order valence-corrected chi connectivity index (χ3v) is 10.7. The molecule has 3 N–H and O–H groups in total. The standard InChI is InChI=1S/C31H36FN9O3S/c1-39-13-15-40(16-14-39)23-8-11-26(33-17-23)35-31-36-29-27(25(18-34-29)28(42)20-4-6-21(32)7-5-20)30(37-31)41-12-2-3-22(19-41)38-45(43,44)24-9-10-24/h4-8,11,17-18,22,24,38H,2-3,9-10,12-16,19H2,1H3,(H2,33,34,35,36,37)/t22-/m0/s1. The third kappa shape index (κ3) is 6.35. The van der Waals surface area contributed by atoms with E-state index in [0.717, 1.165) is 38.3 Å². The molecule has 3 aliphatic rings. The van der Waals surface area contributed by atoms with Crippen molar-refractivity contribution in [1.82, 2.24) is 29.6 Å². The Hall–Kier alpha value is -4.14. The first-order valence-electron chi connectivity index (χ1n) is 15.4. The summed E-state index contributed by atoms with van der Waals surface area (Å²) in [7, 11) is -1.25. The van der Waals surface area contributed by atoms with Crippen molar-refractivity contribution in [3.05, 3.63) is 65.7 Å². The van der Waals surface area contributed by atoms with Crippen LogP contribution in [0.2, 0.25) is 0 Å². The van der Waals surface area contributed by atoms with Gasteiger partial charge in [-0.25, -0.2) is 22.5 Å². The second-order valence-electron chi connectivity index (χ2n) is 12.1. The number of aromatic nitrogens is 4. The minimum absolute atomic E-state index is 0.287. The normalized spacial score (nSPS) is 19.6. The maximum atomic E-state index is 13.6. The number of rotatable bonds is 9. The average molecular weight is 634 g/mol. The lowest BCUT2D eigenvalue weighted by atomic mass is 10.0. The molecule has 7 rings (SSSR count). The highest BCUT2D eigenvalue weighted by Gasteiger charge is 2.38. The van der Waals surface area contributed by atoms with E-state index in [0.29, 0.717) is 72.1 Å². The van der Waals surface area contributed by atoms with Gasteiger partial charge in [-0.15, -0.1) is 0 Å². The minimum atomic E-state index is -3.38. The van der Waals surface area contributed by atoms with E-state index in [1.165, 1.54) is 24.3 Å². The fraction of sp³-hybridized carbons (Fsp3) is 0.419. The number of H-pyrrole nitrogens is 1. The molecule has 3 aromatic heterocycles. The molecule has 0 bridgehead atoms. The van der Waals surface area contributed by atoms with Crippen molar-refractivity contribution in [2.45, 2.75) is 37.0 Å². The van der Waals surface area contributed by atoms with Crippen LogP contribution in [0.4, 0.5) is 27.7 Å². The van der Waals surface area contributed by atoms with Crippen LogP contribution in [0, 0.1) is 5.82 Å². The number of benzene rings is 1. The summed E-state index contributed by atoms with van der Waals surface area (Å²) in [6.07, 6.45) is 6.26. The van der Waals surface area contributed by atoms with Crippen molar-refractivity contribution in [2.24, 2.45) is 0 Å². The van der Waals surface area contributed by atoms with Crippen molar-refractivity contribution in [3.63, 3.8) is 0 Å². The Balaban J connectivity index is 1.21. The van der Waals surface area contributed by atoms with Gasteiger partial charge >= 0.3 is 0 Å². The number of ketones is 1. The number of carbonyl (C=O) groups is 1. The number of piperidine rings is 1. The van der Waals surface area contributed by atoms with Gasteiger partial charge in [0.15, 0.2) is 5.78 Å². The lowest BCUT2D eigenvalue weighted by Crippen LogP contribution is -2.48. The molecule has 45 heavy (non-hydrogen) atoms. The predicted octanol–water partition coefficient (Wildman–Crippen LogP) is 3.27. The molecule has 0 amide bonds. The number of nitrogens with zero attached hydrogens (tertiary/aromatic N) is 6. The Kier molecular flexibility index (Phi) is 7.88. The van der Waals surface area contributed by atoms with Crippen molar-refractivity contribution < 1.29 is 17.6 Å². The number of piperazine rings is 1. The molecule has 0 unspecified atom stereocenters. The zero-order valence-electron chi connectivity index (χ0n) is 25.0. The molecule has 3 fully saturated rings. The van der Waals surface area contributed by atoms with Gasteiger partial charge in [0.25, 0.3) is 0 Å². The highest BCUT2D eigenvalue weighted by atomic mass is 32.2. The molecule has 4 aromatic rings. The van der Waals surface area contributed by atoms with E-state index in [2.05, 4.69) is 41.8 Å². The summed E-state index contributed by atoms with van der Waals surface area (Å²) in [5.74, 6) is 0.652. The molecule has 1 atom stereocenters. The Morgan fingerprint density at radius 3 is 2.47 bits per heavy atom. The van der Waals surface area contributed by atoms with Gasteiger partial charge in [0.1, 0.15) is 23.1 Å². The van der Waals surface area contributed by atoms with Crippen molar-refractivity contribution in [2.75, 3.05) is 61.4 Å². The molecule has 0 spiro atoms. The first-order valence-corrected chi connectivity index (χ1v) is 16.9. The van der Waals surface area contributed by atoms with Crippen LogP contribution in [-0.2, 0) is 10.0 Å². The second kappa shape index (κ2) is 12.0. The van der Waals surface area contributed by atoms with Crippen LogP contribution < -0.4 is 19.8 Å². The quantitative estimate of drug-likeness (QED) is 0.235. The van der Waals surface area contributed by atoms with Crippen LogP contribution in [0.1, 0.15) is 41.6 Å². The molecule has 2 aliphatic heterocycles.